The van der Waals surface area contributed by atoms with E-state index < -0.39 is 5.41 Å². The summed E-state index contributed by atoms with van der Waals surface area (Å²) in [5.74, 6) is 0.547. The summed E-state index contributed by atoms with van der Waals surface area (Å²) in [5, 5.41) is 12.4. The number of nitriles is 1. The van der Waals surface area contributed by atoms with Crippen LogP contribution in [0.15, 0.2) is 24.3 Å². The minimum atomic E-state index is -0.412. The Balaban J connectivity index is 1.71. The summed E-state index contributed by atoms with van der Waals surface area (Å²) in [6.07, 6.45) is 4.29. The van der Waals surface area contributed by atoms with E-state index in [2.05, 4.69) is 30.1 Å². The molecular weight excluding hydrogens is 298 g/mol. The quantitative estimate of drug-likeness (QED) is 0.875. The lowest BCUT2D eigenvalue weighted by Gasteiger charge is -2.29. The van der Waals surface area contributed by atoms with Gasteiger partial charge < -0.3 is 10.2 Å². The highest BCUT2D eigenvalue weighted by molar-refractivity contribution is 5.91. The van der Waals surface area contributed by atoms with Crippen LogP contribution in [0.25, 0.3) is 0 Å². The van der Waals surface area contributed by atoms with Crippen LogP contribution in [0.1, 0.15) is 50.7 Å². The molecule has 4 heteroatoms. The predicted octanol–water partition coefficient (Wildman–Crippen LogP) is 2.83. The van der Waals surface area contributed by atoms with E-state index in [1.807, 2.05) is 18.2 Å². The van der Waals surface area contributed by atoms with Crippen LogP contribution in [0.5, 0.6) is 0 Å². The maximum atomic E-state index is 13.0. The largest absolute Gasteiger partial charge is 0.351 e. The number of carbonyl (C=O) groups is 1. The number of likely N-dealkylation sites (tertiary alicyclic amines) is 1. The van der Waals surface area contributed by atoms with Gasteiger partial charge in [-0.15, -0.1) is 0 Å². The van der Waals surface area contributed by atoms with Crippen molar-refractivity contribution in [3.63, 3.8) is 0 Å². The predicted molar refractivity (Wildman–Crippen MR) is 94.5 cm³/mol. The van der Waals surface area contributed by atoms with Crippen LogP contribution in [-0.2, 0) is 10.2 Å². The Morgan fingerprint density at radius 2 is 2.04 bits per heavy atom. The Labute approximate surface area is 144 Å². The summed E-state index contributed by atoms with van der Waals surface area (Å²) in [7, 11) is 0. The zero-order chi connectivity index (χ0) is 17.2. The lowest BCUT2D eigenvalue weighted by atomic mass is 9.92. The Morgan fingerprint density at radius 1 is 1.33 bits per heavy atom. The van der Waals surface area contributed by atoms with Gasteiger partial charge in [0.1, 0.15) is 0 Å². The second-order valence-electron chi connectivity index (χ2n) is 7.61. The molecule has 1 aromatic carbocycles. The highest BCUT2D eigenvalue weighted by Crippen LogP contribution is 2.48. The molecule has 24 heavy (non-hydrogen) atoms. The van der Waals surface area contributed by atoms with Crippen molar-refractivity contribution in [2.45, 2.75) is 51.0 Å². The van der Waals surface area contributed by atoms with Gasteiger partial charge in [0.15, 0.2) is 0 Å². The Bertz CT molecular complexity index is 637. The molecular formula is C20H27N3O. The maximum absolute atomic E-state index is 13.0. The van der Waals surface area contributed by atoms with Gasteiger partial charge in [0.2, 0.25) is 5.91 Å². The molecule has 0 radical (unpaired) electrons. The summed E-state index contributed by atoms with van der Waals surface area (Å²) >= 11 is 0. The fraction of sp³-hybridized carbons (Fsp3) is 0.600. The molecule has 1 aromatic rings. The van der Waals surface area contributed by atoms with E-state index in [0.29, 0.717) is 11.5 Å². The molecule has 0 aromatic heterocycles. The molecule has 1 N–H and O–H groups in total. The number of hydrogen-bond donors (Lipinski definition) is 1. The van der Waals surface area contributed by atoms with Gasteiger partial charge in [-0.3, -0.25) is 4.79 Å². The van der Waals surface area contributed by atoms with Crippen LogP contribution in [0.2, 0.25) is 0 Å². The Hall–Kier alpha value is -1.86. The lowest BCUT2D eigenvalue weighted by Crippen LogP contribution is -2.49. The number of benzene rings is 1. The van der Waals surface area contributed by atoms with E-state index in [-0.39, 0.29) is 11.9 Å². The summed E-state index contributed by atoms with van der Waals surface area (Å²) in [4.78, 5) is 15.5. The first-order valence-electron chi connectivity index (χ1n) is 9.09. The van der Waals surface area contributed by atoms with Crippen molar-refractivity contribution < 1.29 is 4.79 Å². The Morgan fingerprint density at radius 3 is 2.62 bits per heavy atom. The second-order valence-corrected chi connectivity index (χ2v) is 7.61. The van der Waals surface area contributed by atoms with E-state index in [0.717, 1.165) is 38.0 Å². The molecule has 1 aliphatic carbocycles. The number of amides is 1. The van der Waals surface area contributed by atoms with E-state index in [4.69, 9.17) is 5.26 Å². The first-order valence-corrected chi connectivity index (χ1v) is 9.09. The molecule has 3 rings (SSSR count). The molecule has 2 aliphatic rings. The number of nitrogens with one attached hydrogen (secondary N) is 1. The minimum absolute atomic E-state index is 0.135. The van der Waals surface area contributed by atoms with Crippen LogP contribution in [0, 0.1) is 17.2 Å². The molecule has 1 saturated carbocycles. The fourth-order valence-electron chi connectivity index (χ4n) is 3.63. The normalized spacial score (nSPS) is 20.6. The van der Waals surface area contributed by atoms with Crippen molar-refractivity contribution in [2.75, 3.05) is 19.6 Å². The summed E-state index contributed by atoms with van der Waals surface area (Å²) in [5.41, 5.74) is 1.21. The van der Waals surface area contributed by atoms with Gasteiger partial charge in [0, 0.05) is 12.6 Å². The van der Waals surface area contributed by atoms with Crippen molar-refractivity contribution in [1.82, 2.24) is 10.2 Å². The first-order chi connectivity index (χ1) is 11.5. The topological polar surface area (TPSA) is 56.1 Å². The average molecular weight is 325 g/mol. The number of hydrogen-bond acceptors (Lipinski definition) is 3. The maximum Gasteiger partial charge on any atom is 0.230 e. The second kappa shape index (κ2) is 6.94. The van der Waals surface area contributed by atoms with Gasteiger partial charge in [-0.05, 0) is 62.4 Å². The van der Waals surface area contributed by atoms with Crippen molar-refractivity contribution >= 4 is 5.91 Å². The standard InChI is InChI=1S/C20H27N3O/c1-15(2)18(14-23-10-3-4-11-23)22-19(24)20(8-9-20)17-7-5-6-16(12-17)13-21/h5-7,12,15,18H,3-4,8-11,14H2,1-2H3,(H,22,24)/t18-/m1/s1. The smallest absolute Gasteiger partial charge is 0.230 e. The number of nitrogens with zero attached hydrogens (tertiary/aromatic N) is 2. The van der Waals surface area contributed by atoms with Crippen LogP contribution in [0.4, 0.5) is 0 Å². The van der Waals surface area contributed by atoms with Gasteiger partial charge >= 0.3 is 0 Å². The molecule has 2 fully saturated rings. The molecule has 1 saturated heterocycles. The molecule has 1 heterocycles. The van der Waals surface area contributed by atoms with Crippen molar-refractivity contribution in [1.29, 1.82) is 5.26 Å². The van der Waals surface area contributed by atoms with Crippen LogP contribution in [0.3, 0.4) is 0 Å². The molecule has 0 bridgehead atoms. The van der Waals surface area contributed by atoms with Gasteiger partial charge in [0.25, 0.3) is 0 Å². The van der Waals surface area contributed by atoms with E-state index >= 15 is 0 Å². The van der Waals surface area contributed by atoms with Gasteiger partial charge in [-0.2, -0.15) is 5.26 Å². The van der Waals surface area contributed by atoms with Gasteiger partial charge in [-0.1, -0.05) is 26.0 Å². The van der Waals surface area contributed by atoms with Crippen molar-refractivity contribution in [3.8, 4) is 6.07 Å². The van der Waals surface area contributed by atoms with Gasteiger partial charge in [0.05, 0.1) is 17.0 Å². The van der Waals surface area contributed by atoms with E-state index in [1.54, 1.807) is 6.07 Å². The molecule has 1 amide bonds. The summed E-state index contributed by atoms with van der Waals surface area (Å²) in [6.45, 7) is 7.59. The molecule has 0 unspecified atom stereocenters. The van der Waals surface area contributed by atoms with Crippen LogP contribution in [-0.4, -0.2) is 36.5 Å². The molecule has 0 spiro atoms. The molecule has 128 valence electrons. The van der Waals surface area contributed by atoms with Crippen LogP contribution >= 0.6 is 0 Å². The molecule has 4 nitrogen and oxygen atoms in total. The molecule has 1 aliphatic heterocycles. The minimum Gasteiger partial charge on any atom is -0.351 e. The van der Waals surface area contributed by atoms with Crippen molar-refractivity contribution in [2.24, 2.45) is 5.92 Å². The first kappa shape index (κ1) is 17.0. The third kappa shape index (κ3) is 3.47. The third-order valence-electron chi connectivity index (χ3n) is 5.50. The van der Waals surface area contributed by atoms with Crippen molar-refractivity contribution in [3.05, 3.63) is 35.4 Å². The number of rotatable bonds is 6. The fourth-order valence-corrected chi connectivity index (χ4v) is 3.63. The van der Waals surface area contributed by atoms with Crippen LogP contribution < -0.4 is 5.32 Å². The molecule has 1 atom stereocenters. The zero-order valence-electron chi connectivity index (χ0n) is 14.7. The Kier molecular flexibility index (Phi) is 4.91. The highest BCUT2D eigenvalue weighted by Gasteiger charge is 2.51. The average Bonchev–Trinajstić information content (AvgIpc) is 3.25. The summed E-state index contributed by atoms with van der Waals surface area (Å²) in [6, 6.07) is 9.89. The lowest BCUT2D eigenvalue weighted by molar-refractivity contribution is -0.124. The zero-order valence-corrected chi connectivity index (χ0v) is 14.7. The monoisotopic (exact) mass is 325 g/mol. The third-order valence-corrected chi connectivity index (χ3v) is 5.50. The van der Waals surface area contributed by atoms with Gasteiger partial charge in [-0.25, -0.2) is 0 Å². The number of carbonyl (C=O) groups excluding carboxylic acids is 1. The van der Waals surface area contributed by atoms with E-state index in [1.165, 1.54) is 12.8 Å². The summed E-state index contributed by atoms with van der Waals surface area (Å²) < 4.78 is 0. The van der Waals surface area contributed by atoms with E-state index in [9.17, 15) is 4.79 Å². The highest BCUT2D eigenvalue weighted by atomic mass is 16.2. The SMILES string of the molecule is CC(C)[C@@H](CN1CCCC1)NC(=O)C1(c2cccc(C#N)c2)CC1.